The smallest absolute Gasteiger partial charge is 0.251 e. The van der Waals surface area contributed by atoms with Gasteiger partial charge >= 0.3 is 0 Å². The van der Waals surface area contributed by atoms with Crippen LogP contribution in [-0.2, 0) is 4.79 Å². The molecule has 2 rings (SSSR count). The van der Waals surface area contributed by atoms with Gasteiger partial charge in [0.25, 0.3) is 5.91 Å². The van der Waals surface area contributed by atoms with Gasteiger partial charge in [0.1, 0.15) is 5.75 Å². The van der Waals surface area contributed by atoms with Crippen molar-refractivity contribution in [2.45, 2.75) is 26.2 Å². The minimum Gasteiger partial charge on any atom is -0.497 e. The second-order valence-corrected chi connectivity index (χ2v) is 6.51. The highest BCUT2D eigenvalue weighted by atomic mass is 16.5. The summed E-state index contributed by atoms with van der Waals surface area (Å²) in [7, 11) is 1.59. The molecular formula is C20H31N5O3. The molecule has 8 nitrogen and oxygen atoms in total. The van der Waals surface area contributed by atoms with Crippen molar-refractivity contribution >= 4 is 17.8 Å². The number of nitrogens with zero attached hydrogens (tertiary/aromatic N) is 2. The van der Waals surface area contributed by atoms with Crippen LogP contribution < -0.4 is 20.7 Å². The summed E-state index contributed by atoms with van der Waals surface area (Å²) >= 11 is 0. The number of ether oxygens (including phenoxy) is 1. The van der Waals surface area contributed by atoms with Crippen LogP contribution in [-0.4, -0.2) is 69.1 Å². The Balaban J connectivity index is 1.66. The van der Waals surface area contributed by atoms with E-state index in [1.165, 1.54) is 0 Å². The van der Waals surface area contributed by atoms with Crippen LogP contribution in [0.5, 0.6) is 5.75 Å². The monoisotopic (exact) mass is 389 g/mol. The Kier molecular flexibility index (Phi) is 9.10. The molecule has 0 radical (unpaired) electrons. The predicted octanol–water partition coefficient (Wildman–Crippen LogP) is 0.993. The van der Waals surface area contributed by atoms with E-state index in [-0.39, 0.29) is 11.8 Å². The standard InChI is InChI=1S/C20H31N5O3/c1-3-21-20(23-11-5-15-25-14-4-6-18(25)26)24-13-12-22-19(27)16-7-9-17(28-2)10-8-16/h7-10H,3-6,11-15H2,1-2H3,(H,22,27)(H2,21,23,24). The first-order chi connectivity index (χ1) is 13.6. The third kappa shape index (κ3) is 7.09. The highest BCUT2D eigenvalue weighted by molar-refractivity contribution is 5.94. The number of hydrogen-bond donors (Lipinski definition) is 3. The number of amides is 2. The number of carbonyl (C=O) groups excluding carboxylic acids is 2. The fraction of sp³-hybridized carbons (Fsp3) is 0.550. The zero-order valence-electron chi connectivity index (χ0n) is 16.8. The van der Waals surface area contributed by atoms with Crippen LogP contribution in [0.25, 0.3) is 0 Å². The Morgan fingerprint density at radius 1 is 1.18 bits per heavy atom. The Labute approximate surface area is 166 Å². The van der Waals surface area contributed by atoms with Crippen LogP contribution in [0.1, 0.15) is 36.5 Å². The van der Waals surface area contributed by atoms with Crippen LogP contribution in [0, 0.1) is 0 Å². The molecule has 0 aromatic heterocycles. The molecule has 1 saturated heterocycles. The number of carbonyl (C=O) groups is 2. The molecule has 2 amide bonds. The van der Waals surface area contributed by atoms with E-state index in [0.29, 0.717) is 37.6 Å². The third-order valence-electron chi connectivity index (χ3n) is 4.43. The first-order valence-electron chi connectivity index (χ1n) is 9.86. The van der Waals surface area contributed by atoms with Gasteiger partial charge in [0.15, 0.2) is 5.96 Å². The molecule has 154 valence electrons. The molecule has 3 N–H and O–H groups in total. The summed E-state index contributed by atoms with van der Waals surface area (Å²) in [5.74, 6) is 1.57. The van der Waals surface area contributed by atoms with Crippen LogP contribution in [0.2, 0.25) is 0 Å². The maximum atomic E-state index is 12.1. The highest BCUT2D eigenvalue weighted by Gasteiger charge is 2.18. The summed E-state index contributed by atoms with van der Waals surface area (Å²) in [6.45, 7) is 6.10. The van der Waals surface area contributed by atoms with Crippen molar-refractivity contribution in [1.29, 1.82) is 0 Å². The maximum absolute atomic E-state index is 12.1. The molecule has 28 heavy (non-hydrogen) atoms. The summed E-state index contributed by atoms with van der Waals surface area (Å²) in [6, 6.07) is 6.99. The van der Waals surface area contributed by atoms with E-state index in [2.05, 4.69) is 20.9 Å². The number of hydrogen-bond acceptors (Lipinski definition) is 4. The van der Waals surface area contributed by atoms with Gasteiger partial charge in [-0.15, -0.1) is 0 Å². The highest BCUT2D eigenvalue weighted by Crippen LogP contribution is 2.11. The lowest BCUT2D eigenvalue weighted by molar-refractivity contribution is -0.127. The lowest BCUT2D eigenvalue weighted by atomic mass is 10.2. The number of methoxy groups -OCH3 is 1. The molecule has 1 aromatic rings. The number of benzene rings is 1. The van der Waals surface area contributed by atoms with Gasteiger partial charge in [-0.25, -0.2) is 0 Å². The molecule has 8 heteroatoms. The summed E-state index contributed by atoms with van der Waals surface area (Å²) in [5, 5.41) is 9.26. The Bertz CT molecular complexity index is 660. The molecule has 0 saturated carbocycles. The zero-order valence-corrected chi connectivity index (χ0v) is 16.8. The van der Waals surface area contributed by atoms with Crippen molar-refractivity contribution in [1.82, 2.24) is 20.9 Å². The molecule has 0 aliphatic carbocycles. The van der Waals surface area contributed by atoms with Crippen molar-refractivity contribution in [2.24, 2.45) is 4.99 Å². The number of likely N-dealkylation sites (tertiary alicyclic amines) is 1. The third-order valence-corrected chi connectivity index (χ3v) is 4.43. The first-order valence-corrected chi connectivity index (χ1v) is 9.86. The van der Waals surface area contributed by atoms with E-state index >= 15 is 0 Å². The molecule has 1 heterocycles. The minimum atomic E-state index is -0.123. The molecule has 0 unspecified atom stereocenters. The van der Waals surface area contributed by atoms with Crippen LogP contribution in [0.4, 0.5) is 0 Å². The van der Waals surface area contributed by atoms with E-state index in [1.807, 2.05) is 11.8 Å². The average molecular weight is 390 g/mol. The Morgan fingerprint density at radius 2 is 1.93 bits per heavy atom. The van der Waals surface area contributed by atoms with Crippen molar-refractivity contribution in [3.63, 3.8) is 0 Å². The van der Waals surface area contributed by atoms with Gasteiger partial charge in [-0.2, -0.15) is 0 Å². The van der Waals surface area contributed by atoms with Gasteiger partial charge in [-0.3, -0.25) is 14.6 Å². The fourth-order valence-corrected chi connectivity index (χ4v) is 2.94. The van der Waals surface area contributed by atoms with Crippen molar-refractivity contribution in [3.05, 3.63) is 29.8 Å². The lowest BCUT2D eigenvalue weighted by Gasteiger charge is -2.15. The van der Waals surface area contributed by atoms with E-state index < -0.39 is 0 Å². The first kappa shape index (κ1) is 21.5. The molecule has 0 spiro atoms. The van der Waals surface area contributed by atoms with Gasteiger partial charge < -0.3 is 25.6 Å². The average Bonchev–Trinajstić information content (AvgIpc) is 3.13. The van der Waals surface area contributed by atoms with Crippen molar-refractivity contribution < 1.29 is 14.3 Å². The molecule has 1 aliphatic rings. The molecule has 1 aromatic carbocycles. The van der Waals surface area contributed by atoms with Crippen LogP contribution in [0.3, 0.4) is 0 Å². The molecule has 1 aliphatic heterocycles. The van der Waals surface area contributed by atoms with E-state index in [9.17, 15) is 9.59 Å². The maximum Gasteiger partial charge on any atom is 0.251 e. The van der Waals surface area contributed by atoms with Gasteiger partial charge in [-0.1, -0.05) is 0 Å². The van der Waals surface area contributed by atoms with Crippen molar-refractivity contribution in [3.8, 4) is 5.75 Å². The quantitative estimate of drug-likeness (QED) is 0.315. The number of nitrogens with one attached hydrogen (secondary N) is 3. The van der Waals surface area contributed by atoms with E-state index in [4.69, 9.17) is 4.74 Å². The minimum absolute atomic E-state index is 0.123. The molecule has 0 bridgehead atoms. The largest absolute Gasteiger partial charge is 0.497 e. The van der Waals surface area contributed by atoms with Crippen LogP contribution >= 0.6 is 0 Å². The van der Waals surface area contributed by atoms with Gasteiger partial charge in [0.05, 0.1) is 7.11 Å². The summed E-state index contributed by atoms with van der Waals surface area (Å²) < 4.78 is 5.09. The second kappa shape index (κ2) is 11.8. The van der Waals surface area contributed by atoms with E-state index in [1.54, 1.807) is 31.4 Å². The van der Waals surface area contributed by atoms with Crippen LogP contribution in [0.15, 0.2) is 29.3 Å². The molecule has 1 fully saturated rings. The van der Waals surface area contributed by atoms with Gasteiger partial charge in [0, 0.05) is 51.3 Å². The Morgan fingerprint density at radius 3 is 2.57 bits per heavy atom. The number of guanidine groups is 1. The predicted molar refractivity (Wildman–Crippen MR) is 110 cm³/mol. The summed E-state index contributed by atoms with van der Waals surface area (Å²) in [4.78, 5) is 30.1. The topological polar surface area (TPSA) is 95.1 Å². The fourth-order valence-electron chi connectivity index (χ4n) is 2.94. The zero-order chi connectivity index (χ0) is 20.2. The SMILES string of the molecule is CCNC(=NCCCN1CCCC1=O)NCCNC(=O)c1ccc(OC)cc1. The lowest BCUT2D eigenvalue weighted by Crippen LogP contribution is -2.41. The Hall–Kier alpha value is -2.77. The summed E-state index contributed by atoms with van der Waals surface area (Å²) in [5.41, 5.74) is 0.595. The molecule has 0 atom stereocenters. The number of rotatable bonds is 10. The summed E-state index contributed by atoms with van der Waals surface area (Å²) in [6.07, 6.45) is 2.49. The molecular weight excluding hydrogens is 358 g/mol. The van der Waals surface area contributed by atoms with E-state index in [0.717, 1.165) is 38.2 Å². The van der Waals surface area contributed by atoms with Gasteiger partial charge in [0.2, 0.25) is 5.91 Å². The normalized spacial score (nSPS) is 14.1. The number of aliphatic imine (C=N–C) groups is 1. The second-order valence-electron chi connectivity index (χ2n) is 6.51. The van der Waals surface area contributed by atoms with Gasteiger partial charge in [-0.05, 0) is 44.0 Å². The van der Waals surface area contributed by atoms with Crippen molar-refractivity contribution in [2.75, 3.05) is 46.4 Å².